The van der Waals surface area contributed by atoms with E-state index < -0.39 is 0 Å². The van der Waals surface area contributed by atoms with Crippen molar-refractivity contribution >= 4 is 39.9 Å². The fourth-order valence-electron chi connectivity index (χ4n) is 5.29. The van der Waals surface area contributed by atoms with Gasteiger partial charge in [0.15, 0.2) is 0 Å². The summed E-state index contributed by atoms with van der Waals surface area (Å²) in [6.07, 6.45) is 5.03. The average molecular weight is 381 g/mol. The first-order chi connectivity index (χ1) is 13.0. The number of imide groups is 1. The lowest BCUT2D eigenvalue weighted by molar-refractivity contribution is 0.0468. The second-order valence-electron chi connectivity index (χ2n) is 8.07. The van der Waals surface area contributed by atoms with Gasteiger partial charge in [0.1, 0.15) is 0 Å². The van der Waals surface area contributed by atoms with Gasteiger partial charge < -0.3 is 5.73 Å². The maximum Gasteiger partial charge on any atom is 0.261 e. The third kappa shape index (κ3) is 2.29. The zero-order valence-corrected chi connectivity index (χ0v) is 15.8. The molecule has 6 rings (SSSR count). The minimum Gasteiger partial charge on any atom is -0.397 e. The van der Waals surface area contributed by atoms with Crippen LogP contribution >= 0.6 is 11.6 Å². The van der Waals surface area contributed by atoms with Crippen molar-refractivity contribution in [3.05, 3.63) is 52.6 Å². The first-order valence-corrected chi connectivity index (χ1v) is 9.91. The summed E-state index contributed by atoms with van der Waals surface area (Å²) < 4.78 is 0. The number of rotatable bonds is 1. The fourth-order valence-corrected chi connectivity index (χ4v) is 5.50. The van der Waals surface area contributed by atoms with Crippen molar-refractivity contribution < 1.29 is 9.59 Å². The second-order valence-corrected chi connectivity index (χ2v) is 8.48. The minimum atomic E-state index is -0.256. The molecule has 0 radical (unpaired) electrons. The molecule has 1 atom stereocenters. The Morgan fingerprint density at radius 2 is 1.78 bits per heavy atom. The Hall–Kier alpha value is -2.33. The van der Waals surface area contributed by atoms with Gasteiger partial charge in [0, 0.05) is 22.4 Å². The monoisotopic (exact) mass is 380 g/mol. The van der Waals surface area contributed by atoms with Crippen molar-refractivity contribution in [3.8, 4) is 0 Å². The molecule has 0 spiro atoms. The number of nitrogen functional groups attached to an aromatic ring is 1. The van der Waals surface area contributed by atoms with Crippen LogP contribution in [0.1, 0.15) is 52.8 Å². The molecule has 0 saturated heterocycles. The molecule has 138 valence electrons. The quantitative estimate of drug-likeness (QED) is 0.439. The maximum atomic E-state index is 13.4. The van der Waals surface area contributed by atoms with E-state index in [4.69, 9.17) is 17.3 Å². The van der Waals surface area contributed by atoms with Crippen LogP contribution in [0.5, 0.6) is 0 Å². The van der Waals surface area contributed by atoms with Gasteiger partial charge in [-0.25, -0.2) is 0 Å². The van der Waals surface area contributed by atoms with Crippen LogP contribution in [0.3, 0.4) is 0 Å². The van der Waals surface area contributed by atoms with E-state index >= 15 is 0 Å². The standard InChI is InChI=1S/C22H21ClN2O2/c1-11-9-18(13-7-5-12(11)6-8-13)25-21(26)15-4-2-3-14-19(15)16(22(25)27)10-17(23)20(14)24/h2-4,10,12-13,18H,1,5-9,24H2. The van der Waals surface area contributed by atoms with Crippen LogP contribution in [0, 0.1) is 11.8 Å². The molecule has 5 heteroatoms. The van der Waals surface area contributed by atoms with Crippen LogP contribution in [0.15, 0.2) is 36.4 Å². The van der Waals surface area contributed by atoms with Gasteiger partial charge in [-0.15, -0.1) is 0 Å². The predicted molar refractivity (Wildman–Crippen MR) is 107 cm³/mol. The van der Waals surface area contributed by atoms with Gasteiger partial charge in [-0.2, -0.15) is 0 Å². The Morgan fingerprint density at radius 3 is 2.52 bits per heavy atom. The summed E-state index contributed by atoms with van der Waals surface area (Å²) in [5.41, 5.74) is 8.71. The SMILES string of the molecule is C=C1CC(N2C(=O)c3cccc4c(N)c(Cl)cc(c34)C2=O)C2CCC1CC2. The number of carbonyl (C=O) groups is 2. The largest absolute Gasteiger partial charge is 0.397 e. The Balaban J connectivity index is 1.69. The van der Waals surface area contributed by atoms with Gasteiger partial charge in [0.05, 0.1) is 16.3 Å². The molecule has 1 heterocycles. The topological polar surface area (TPSA) is 63.4 Å². The van der Waals surface area contributed by atoms with Crippen LogP contribution in [-0.2, 0) is 0 Å². The van der Waals surface area contributed by atoms with E-state index in [-0.39, 0.29) is 17.9 Å². The molecule has 3 saturated carbocycles. The Labute approximate surface area is 163 Å². The molecule has 2 amide bonds. The lowest BCUT2D eigenvalue weighted by atomic mass is 9.81. The van der Waals surface area contributed by atoms with E-state index in [2.05, 4.69) is 6.58 Å². The minimum absolute atomic E-state index is 0.121. The van der Waals surface area contributed by atoms with Gasteiger partial charge in [-0.05, 0) is 56.1 Å². The summed E-state index contributed by atoms with van der Waals surface area (Å²) in [5.74, 6) is 0.404. The second kappa shape index (κ2) is 5.83. The van der Waals surface area contributed by atoms with Crippen LogP contribution in [0.2, 0.25) is 5.02 Å². The van der Waals surface area contributed by atoms with Crippen LogP contribution in [-0.4, -0.2) is 22.8 Å². The first kappa shape index (κ1) is 16.8. The van der Waals surface area contributed by atoms with Gasteiger partial charge in [0.25, 0.3) is 11.8 Å². The van der Waals surface area contributed by atoms with Crippen LogP contribution < -0.4 is 5.73 Å². The van der Waals surface area contributed by atoms with Gasteiger partial charge in [-0.3, -0.25) is 14.5 Å². The van der Waals surface area contributed by atoms with E-state index in [1.54, 1.807) is 18.2 Å². The van der Waals surface area contributed by atoms with Crippen LogP contribution in [0.25, 0.3) is 10.8 Å². The summed E-state index contributed by atoms with van der Waals surface area (Å²) in [7, 11) is 0. The molecular weight excluding hydrogens is 360 g/mol. The Kier molecular flexibility index (Phi) is 3.63. The highest BCUT2D eigenvalue weighted by Gasteiger charge is 2.44. The summed E-state index contributed by atoms with van der Waals surface area (Å²) in [5, 5.41) is 1.65. The van der Waals surface area contributed by atoms with E-state index in [0.29, 0.717) is 50.9 Å². The summed E-state index contributed by atoms with van der Waals surface area (Å²) in [4.78, 5) is 28.3. The number of nitrogens with zero attached hydrogens (tertiary/aromatic N) is 1. The Morgan fingerprint density at radius 1 is 1.07 bits per heavy atom. The number of hydrogen-bond acceptors (Lipinski definition) is 3. The third-order valence-corrected chi connectivity index (χ3v) is 7.06. The molecule has 2 bridgehead atoms. The molecule has 1 aliphatic heterocycles. The lowest BCUT2D eigenvalue weighted by Crippen LogP contribution is -2.50. The number of halogens is 1. The van der Waals surface area contributed by atoms with E-state index in [9.17, 15) is 9.59 Å². The van der Waals surface area contributed by atoms with Crippen molar-refractivity contribution in [1.29, 1.82) is 0 Å². The average Bonchev–Trinajstić information content (AvgIpc) is 2.92. The highest BCUT2D eigenvalue weighted by molar-refractivity contribution is 6.37. The predicted octanol–water partition coefficient (Wildman–Crippen LogP) is 4.81. The molecule has 2 N–H and O–H groups in total. The van der Waals surface area contributed by atoms with Crippen molar-refractivity contribution in [2.24, 2.45) is 11.8 Å². The van der Waals surface area contributed by atoms with Crippen molar-refractivity contribution in [3.63, 3.8) is 0 Å². The first-order valence-electron chi connectivity index (χ1n) is 9.53. The smallest absolute Gasteiger partial charge is 0.261 e. The molecule has 27 heavy (non-hydrogen) atoms. The fraction of sp³-hybridized carbons (Fsp3) is 0.364. The molecule has 2 aromatic carbocycles. The summed E-state index contributed by atoms with van der Waals surface area (Å²) >= 11 is 6.30. The van der Waals surface area contributed by atoms with Gasteiger partial charge >= 0.3 is 0 Å². The highest BCUT2D eigenvalue weighted by atomic mass is 35.5. The number of nitrogens with two attached hydrogens (primary N) is 1. The molecule has 2 aromatic rings. The molecule has 1 unspecified atom stereocenters. The lowest BCUT2D eigenvalue weighted by Gasteiger charge is -2.37. The molecule has 3 aliphatic carbocycles. The maximum absolute atomic E-state index is 13.4. The van der Waals surface area contributed by atoms with E-state index in [1.165, 1.54) is 10.5 Å². The summed E-state index contributed by atoms with van der Waals surface area (Å²) in [6, 6.07) is 6.90. The number of anilines is 1. The third-order valence-electron chi connectivity index (χ3n) is 6.75. The van der Waals surface area contributed by atoms with Gasteiger partial charge in [0.2, 0.25) is 0 Å². The molecular formula is C22H21ClN2O2. The van der Waals surface area contributed by atoms with Gasteiger partial charge in [-0.1, -0.05) is 35.9 Å². The molecule has 0 aromatic heterocycles. The number of carbonyl (C=O) groups excluding carboxylic acids is 2. The normalized spacial score (nSPS) is 27.4. The highest BCUT2D eigenvalue weighted by Crippen LogP contribution is 2.46. The number of benzene rings is 2. The number of hydrogen-bond donors (Lipinski definition) is 1. The van der Waals surface area contributed by atoms with E-state index in [0.717, 1.165) is 25.7 Å². The summed E-state index contributed by atoms with van der Waals surface area (Å²) in [6.45, 7) is 4.27. The van der Waals surface area contributed by atoms with Crippen molar-refractivity contribution in [2.75, 3.05) is 5.73 Å². The number of fused-ring (bicyclic) bond motifs is 4. The Bertz CT molecular complexity index is 1020. The zero-order chi connectivity index (χ0) is 18.9. The molecule has 4 aliphatic rings. The molecule has 4 nitrogen and oxygen atoms in total. The zero-order valence-electron chi connectivity index (χ0n) is 15.0. The van der Waals surface area contributed by atoms with Crippen molar-refractivity contribution in [1.82, 2.24) is 4.90 Å². The van der Waals surface area contributed by atoms with Crippen LogP contribution in [0.4, 0.5) is 5.69 Å². The number of amides is 2. The van der Waals surface area contributed by atoms with Crippen molar-refractivity contribution in [2.45, 2.75) is 38.1 Å². The molecule has 3 fully saturated rings. The van der Waals surface area contributed by atoms with E-state index in [1.807, 2.05) is 6.07 Å².